The number of H-pyrrole nitrogens is 1. The van der Waals surface area contributed by atoms with E-state index in [1.54, 1.807) is 0 Å². The average Bonchev–Trinajstić information content (AvgIpc) is 2.15. The van der Waals surface area contributed by atoms with Crippen molar-refractivity contribution in [1.82, 2.24) is 15.2 Å². The summed E-state index contributed by atoms with van der Waals surface area (Å²) in [5.41, 5.74) is 1.22. The highest BCUT2D eigenvalue weighted by Crippen LogP contribution is 2.03. The van der Waals surface area contributed by atoms with E-state index in [0.29, 0.717) is 11.2 Å². The number of aromatic amines is 1. The van der Waals surface area contributed by atoms with Gasteiger partial charge in [0.2, 0.25) is 5.71 Å². The molecule has 39 valence electrons. The molecule has 0 atom stereocenters. The van der Waals surface area contributed by atoms with Crippen molar-refractivity contribution in [2.75, 3.05) is 0 Å². The van der Waals surface area contributed by atoms with Gasteiger partial charge in [-0.15, -0.1) is 0 Å². The van der Waals surface area contributed by atoms with E-state index in [9.17, 15) is 0 Å². The van der Waals surface area contributed by atoms with Crippen LogP contribution in [0.25, 0.3) is 11.2 Å². The van der Waals surface area contributed by atoms with Gasteiger partial charge in [0, 0.05) is 0 Å². The van der Waals surface area contributed by atoms with Crippen LogP contribution in [0, 0.1) is 6.20 Å². The number of fused-ring (bicyclic) bond motifs is 1. The molecule has 0 aliphatic heterocycles. The van der Waals surface area contributed by atoms with Crippen molar-refractivity contribution >= 4 is 11.2 Å². The third-order valence-electron chi connectivity index (χ3n) is 0.887. The maximum atomic E-state index is 4.80. The van der Waals surface area contributed by atoms with Gasteiger partial charge < -0.3 is 4.42 Å². The van der Waals surface area contributed by atoms with E-state index >= 15 is 0 Å². The summed E-state index contributed by atoms with van der Waals surface area (Å²) in [5.74, 6) is 0. The summed E-state index contributed by atoms with van der Waals surface area (Å²) >= 11 is 0. The molecule has 2 rings (SSSR count). The Morgan fingerprint density at radius 1 is 1.75 bits per heavy atom. The molecule has 0 spiro atoms. The molecule has 0 aliphatic rings. The van der Waals surface area contributed by atoms with Crippen molar-refractivity contribution in [1.29, 1.82) is 0 Å². The number of hydrogen-bond acceptors (Lipinski definition) is 3. The van der Waals surface area contributed by atoms with Crippen LogP contribution in [0.4, 0.5) is 0 Å². The molecule has 0 unspecified atom stereocenters. The molecule has 4 nitrogen and oxygen atoms in total. The van der Waals surface area contributed by atoms with Crippen LogP contribution in [0.1, 0.15) is 0 Å². The van der Waals surface area contributed by atoms with Gasteiger partial charge in [0.1, 0.15) is 6.20 Å². The molecule has 0 bridgehead atoms. The Labute approximate surface area is 44.5 Å². The summed E-state index contributed by atoms with van der Waals surface area (Å²) in [6.07, 6.45) is 3.94. The van der Waals surface area contributed by atoms with Crippen molar-refractivity contribution in [2.45, 2.75) is 0 Å². The Morgan fingerprint density at radius 2 is 2.75 bits per heavy atom. The Kier molecular flexibility index (Phi) is 0.498. The molecular formula is C4H2N3O. The van der Waals surface area contributed by atoms with E-state index in [1.807, 2.05) is 0 Å². The molecule has 2 aromatic rings. The molecule has 4 heteroatoms. The SMILES string of the molecule is [c]1n[nH]c2ocnc12. The van der Waals surface area contributed by atoms with Crippen LogP contribution < -0.4 is 0 Å². The van der Waals surface area contributed by atoms with Crippen molar-refractivity contribution in [2.24, 2.45) is 0 Å². The molecule has 0 fully saturated rings. The molecule has 0 aromatic carbocycles. The largest absolute Gasteiger partial charge is 0.426 e. The molecule has 0 aliphatic carbocycles. The number of hydrogen-bond donors (Lipinski definition) is 1. The van der Waals surface area contributed by atoms with E-state index < -0.39 is 0 Å². The standard InChI is InChI=1S/C4H2N3O/c1-3-4(7-6-1)8-2-5-3/h2H,(H,6,7). The summed E-state index contributed by atoms with van der Waals surface area (Å²) < 4.78 is 4.80. The Bertz CT molecular complexity index is 233. The summed E-state index contributed by atoms with van der Waals surface area (Å²) in [7, 11) is 0. The first-order chi connectivity index (χ1) is 3.97. The predicted octanol–water partition coefficient (Wildman–Crippen LogP) is 0.351. The fraction of sp³-hybridized carbons (Fsp3) is 0. The zero-order chi connectivity index (χ0) is 5.40. The molecule has 2 aromatic heterocycles. The highest BCUT2D eigenvalue weighted by atomic mass is 16.3. The van der Waals surface area contributed by atoms with Gasteiger partial charge in [-0.1, -0.05) is 0 Å². The van der Waals surface area contributed by atoms with Crippen molar-refractivity contribution in [3.63, 3.8) is 0 Å². The lowest BCUT2D eigenvalue weighted by Crippen LogP contribution is -1.59. The molecule has 0 saturated heterocycles. The lowest BCUT2D eigenvalue weighted by atomic mass is 10.6. The van der Waals surface area contributed by atoms with Gasteiger partial charge in [-0.05, 0) is 0 Å². The minimum absolute atomic E-state index is 0.574. The van der Waals surface area contributed by atoms with Crippen LogP contribution in [0.3, 0.4) is 0 Å². The summed E-state index contributed by atoms with van der Waals surface area (Å²) in [6, 6.07) is 0. The first-order valence-electron chi connectivity index (χ1n) is 2.12. The van der Waals surface area contributed by atoms with E-state index in [1.165, 1.54) is 6.39 Å². The minimum atomic E-state index is 0.574. The number of oxazole rings is 1. The fourth-order valence-corrected chi connectivity index (χ4v) is 0.537. The molecule has 8 heavy (non-hydrogen) atoms. The fourth-order valence-electron chi connectivity index (χ4n) is 0.537. The molecule has 0 saturated carbocycles. The summed E-state index contributed by atoms with van der Waals surface area (Å²) in [6.45, 7) is 0. The van der Waals surface area contributed by atoms with Crippen molar-refractivity contribution < 1.29 is 4.42 Å². The van der Waals surface area contributed by atoms with Gasteiger partial charge in [-0.25, -0.2) is 10.1 Å². The predicted molar refractivity (Wildman–Crippen MR) is 25.0 cm³/mol. The Morgan fingerprint density at radius 3 is 3.62 bits per heavy atom. The van der Waals surface area contributed by atoms with Gasteiger partial charge in [-0.2, -0.15) is 5.10 Å². The topological polar surface area (TPSA) is 54.7 Å². The first-order valence-corrected chi connectivity index (χ1v) is 2.12. The summed E-state index contributed by atoms with van der Waals surface area (Å²) in [5, 5.41) is 6.12. The summed E-state index contributed by atoms with van der Waals surface area (Å²) in [4.78, 5) is 3.76. The average molecular weight is 108 g/mol. The minimum Gasteiger partial charge on any atom is -0.426 e. The van der Waals surface area contributed by atoms with Crippen LogP contribution in [0.15, 0.2) is 10.8 Å². The van der Waals surface area contributed by atoms with Crippen LogP contribution in [0.2, 0.25) is 0 Å². The van der Waals surface area contributed by atoms with E-state index in [4.69, 9.17) is 4.42 Å². The second-order valence-corrected chi connectivity index (χ2v) is 1.37. The van der Waals surface area contributed by atoms with Gasteiger partial charge in [0.25, 0.3) is 0 Å². The molecule has 0 amide bonds. The van der Waals surface area contributed by atoms with E-state index in [-0.39, 0.29) is 0 Å². The smallest absolute Gasteiger partial charge is 0.243 e. The van der Waals surface area contributed by atoms with Crippen LogP contribution in [-0.2, 0) is 0 Å². The van der Waals surface area contributed by atoms with Gasteiger partial charge >= 0.3 is 0 Å². The second kappa shape index (κ2) is 1.09. The van der Waals surface area contributed by atoms with Gasteiger partial charge in [-0.3, -0.25) is 0 Å². The monoisotopic (exact) mass is 108 g/mol. The zero-order valence-electron chi connectivity index (χ0n) is 3.88. The quantitative estimate of drug-likeness (QED) is 0.529. The third kappa shape index (κ3) is 0.294. The molecular weight excluding hydrogens is 106 g/mol. The molecule has 1 N–H and O–H groups in total. The van der Waals surface area contributed by atoms with Gasteiger partial charge in [0.05, 0.1) is 0 Å². The van der Waals surface area contributed by atoms with Crippen molar-refractivity contribution in [3.8, 4) is 0 Å². The van der Waals surface area contributed by atoms with E-state index in [0.717, 1.165) is 0 Å². The maximum Gasteiger partial charge on any atom is 0.243 e. The Hall–Kier alpha value is -1.32. The number of aromatic nitrogens is 3. The number of nitrogens with one attached hydrogen (secondary N) is 1. The van der Waals surface area contributed by atoms with Crippen LogP contribution in [-0.4, -0.2) is 15.2 Å². The van der Waals surface area contributed by atoms with Crippen LogP contribution >= 0.6 is 0 Å². The highest BCUT2D eigenvalue weighted by Gasteiger charge is 1.96. The zero-order valence-corrected chi connectivity index (χ0v) is 3.88. The lowest BCUT2D eigenvalue weighted by molar-refractivity contribution is 0.586. The van der Waals surface area contributed by atoms with Crippen LogP contribution in [0.5, 0.6) is 0 Å². The number of nitrogens with zero attached hydrogens (tertiary/aromatic N) is 2. The maximum absolute atomic E-state index is 4.80. The second-order valence-electron chi connectivity index (χ2n) is 1.37. The normalized spacial score (nSPS) is 10.5. The molecule has 1 radical (unpaired) electrons. The molecule has 2 heterocycles. The van der Waals surface area contributed by atoms with Crippen molar-refractivity contribution in [3.05, 3.63) is 12.6 Å². The lowest BCUT2D eigenvalue weighted by Gasteiger charge is -1.63. The highest BCUT2D eigenvalue weighted by molar-refractivity contribution is 5.64. The number of rotatable bonds is 0. The first kappa shape index (κ1) is 3.65. The van der Waals surface area contributed by atoms with E-state index in [2.05, 4.69) is 21.4 Å². The van der Waals surface area contributed by atoms with Gasteiger partial charge in [0.15, 0.2) is 11.9 Å². The third-order valence-corrected chi connectivity index (χ3v) is 0.887. The Balaban J connectivity index is 3.06.